The summed E-state index contributed by atoms with van der Waals surface area (Å²) in [6.07, 6.45) is 0.952. The van der Waals surface area contributed by atoms with Gasteiger partial charge >= 0.3 is 0 Å². The number of anilines is 2. The van der Waals surface area contributed by atoms with Gasteiger partial charge in [0, 0.05) is 10.5 Å². The van der Waals surface area contributed by atoms with E-state index in [4.69, 9.17) is 10.5 Å². The summed E-state index contributed by atoms with van der Waals surface area (Å²) in [6.45, 7) is 0. The Morgan fingerprint density at radius 1 is 1.45 bits per heavy atom. The van der Waals surface area contributed by atoms with Gasteiger partial charge in [-0.1, -0.05) is 0 Å². The number of pyridine rings is 1. The zero-order valence-electron chi connectivity index (χ0n) is 10.5. The summed E-state index contributed by atoms with van der Waals surface area (Å²) < 4.78 is 18.8. The van der Waals surface area contributed by atoms with Gasteiger partial charge in [0.05, 0.1) is 24.6 Å². The number of nitrogens with two attached hydrogens (primary N) is 1. The summed E-state index contributed by atoms with van der Waals surface area (Å²) in [5.74, 6) is -0.644. The molecule has 0 fully saturated rings. The molecule has 0 saturated carbocycles. The Hall–Kier alpha value is -2.15. The van der Waals surface area contributed by atoms with Gasteiger partial charge in [-0.25, -0.2) is 9.37 Å². The molecule has 5 nitrogen and oxygen atoms in total. The number of carbonyl (C=O) groups excluding carboxylic acids is 1. The van der Waals surface area contributed by atoms with Crippen molar-refractivity contribution in [3.05, 3.63) is 46.3 Å². The third-order valence-electron chi connectivity index (χ3n) is 2.55. The van der Waals surface area contributed by atoms with Gasteiger partial charge in [0.25, 0.3) is 5.91 Å². The first-order valence-electron chi connectivity index (χ1n) is 5.57. The number of nitrogens with zero attached hydrogens (tertiary/aromatic N) is 1. The predicted molar refractivity (Wildman–Crippen MR) is 77.3 cm³/mol. The van der Waals surface area contributed by atoms with Gasteiger partial charge < -0.3 is 15.8 Å². The minimum atomic E-state index is -0.631. The van der Waals surface area contributed by atoms with Crippen LogP contribution in [-0.2, 0) is 0 Å². The van der Waals surface area contributed by atoms with Gasteiger partial charge in [-0.3, -0.25) is 4.79 Å². The summed E-state index contributed by atoms with van der Waals surface area (Å²) in [5.41, 5.74) is 6.02. The summed E-state index contributed by atoms with van der Waals surface area (Å²) in [4.78, 5) is 15.7. The molecule has 0 radical (unpaired) electrons. The molecule has 0 aliphatic heterocycles. The fourth-order valence-corrected chi connectivity index (χ4v) is 1.89. The molecule has 20 heavy (non-hydrogen) atoms. The van der Waals surface area contributed by atoms with E-state index in [9.17, 15) is 9.18 Å². The Bertz CT molecular complexity index is 664. The molecule has 7 heteroatoms. The average Bonchev–Trinajstić information content (AvgIpc) is 2.43. The van der Waals surface area contributed by atoms with Crippen LogP contribution < -0.4 is 15.8 Å². The molecule has 1 heterocycles. The highest BCUT2D eigenvalue weighted by atomic mass is 79.9. The van der Waals surface area contributed by atoms with Crippen LogP contribution in [0.15, 0.2) is 34.9 Å². The summed E-state index contributed by atoms with van der Waals surface area (Å²) in [5, 5.41) is 2.62. The van der Waals surface area contributed by atoms with Crippen molar-refractivity contribution in [1.82, 2.24) is 4.98 Å². The molecule has 0 spiro atoms. The second-order valence-corrected chi connectivity index (χ2v) is 4.74. The molecule has 0 unspecified atom stereocenters. The number of methoxy groups -OCH3 is 1. The van der Waals surface area contributed by atoms with E-state index in [1.807, 2.05) is 0 Å². The molecular weight excluding hydrogens is 329 g/mol. The van der Waals surface area contributed by atoms with Crippen LogP contribution in [0.4, 0.5) is 15.9 Å². The van der Waals surface area contributed by atoms with Crippen molar-refractivity contribution in [2.24, 2.45) is 0 Å². The summed E-state index contributed by atoms with van der Waals surface area (Å²) in [7, 11) is 1.52. The van der Waals surface area contributed by atoms with Crippen molar-refractivity contribution < 1.29 is 13.9 Å². The maximum absolute atomic E-state index is 13.1. The van der Waals surface area contributed by atoms with Crippen LogP contribution in [0.25, 0.3) is 0 Å². The number of halogens is 2. The number of hydrogen-bond acceptors (Lipinski definition) is 4. The molecule has 0 saturated heterocycles. The van der Waals surface area contributed by atoms with Crippen LogP contribution in [0.5, 0.6) is 5.75 Å². The minimum Gasteiger partial charge on any atom is -0.497 e. The van der Waals surface area contributed by atoms with Crippen LogP contribution in [0.3, 0.4) is 0 Å². The normalized spacial score (nSPS) is 10.2. The molecule has 1 aromatic carbocycles. The number of nitrogen functional groups attached to an aromatic ring is 1. The van der Waals surface area contributed by atoms with E-state index >= 15 is 0 Å². The summed E-state index contributed by atoms with van der Waals surface area (Å²) in [6, 6.07) is 6.12. The first-order valence-corrected chi connectivity index (χ1v) is 6.36. The third kappa shape index (κ3) is 3.05. The van der Waals surface area contributed by atoms with E-state index in [2.05, 4.69) is 26.2 Å². The van der Waals surface area contributed by atoms with Gasteiger partial charge in [0.1, 0.15) is 17.4 Å². The Morgan fingerprint density at radius 3 is 2.90 bits per heavy atom. The first-order chi connectivity index (χ1) is 9.51. The fourth-order valence-electron chi connectivity index (χ4n) is 1.55. The van der Waals surface area contributed by atoms with Gasteiger partial charge in [-0.15, -0.1) is 0 Å². The highest BCUT2D eigenvalue weighted by molar-refractivity contribution is 9.10. The van der Waals surface area contributed by atoms with Crippen molar-refractivity contribution in [3.8, 4) is 5.75 Å². The van der Waals surface area contributed by atoms with Gasteiger partial charge in [-0.05, 0) is 34.1 Å². The SMILES string of the molecule is COc1ccc(Br)c(NC(=O)c2cc(F)cnc2N)c1. The van der Waals surface area contributed by atoms with Crippen molar-refractivity contribution in [2.75, 3.05) is 18.2 Å². The monoisotopic (exact) mass is 339 g/mol. The number of benzene rings is 1. The Balaban J connectivity index is 2.30. The second-order valence-electron chi connectivity index (χ2n) is 3.89. The molecule has 0 atom stereocenters. The summed E-state index contributed by atoms with van der Waals surface area (Å²) >= 11 is 3.30. The third-order valence-corrected chi connectivity index (χ3v) is 3.24. The van der Waals surface area contributed by atoms with Crippen molar-refractivity contribution >= 4 is 33.3 Å². The van der Waals surface area contributed by atoms with Crippen LogP contribution in [0.1, 0.15) is 10.4 Å². The lowest BCUT2D eigenvalue weighted by molar-refractivity contribution is 0.102. The van der Waals surface area contributed by atoms with E-state index in [0.717, 1.165) is 12.3 Å². The maximum atomic E-state index is 13.1. The molecule has 3 N–H and O–H groups in total. The van der Waals surface area contributed by atoms with Gasteiger partial charge in [-0.2, -0.15) is 0 Å². The molecule has 1 aromatic heterocycles. The van der Waals surface area contributed by atoms with E-state index in [1.165, 1.54) is 7.11 Å². The number of carbonyl (C=O) groups is 1. The van der Waals surface area contributed by atoms with Gasteiger partial charge in [0.2, 0.25) is 0 Å². The average molecular weight is 340 g/mol. The quantitative estimate of drug-likeness (QED) is 0.901. The predicted octanol–water partition coefficient (Wildman–Crippen LogP) is 2.83. The fraction of sp³-hybridized carbons (Fsp3) is 0.0769. The van der Waals surface area contributed by atoms with E-state index in [0.29, 0.717) is 15.9 Å². The van der Waals surface area contributed by atoms with Crippen molar-refractivity contribution in [3.63, 3.8) is 0 Å². The minimum absolute atomic E-state index is 0.0280. The van der Waals surface area contributed by atoms with Crippen molar-refractivity contribution in [2.45, 2.75) is 0 Å². The lowest BCUT2D eigenvalue weighted by atomic mass is 10.2. The number of hydrogen-bond donors (Lipinski definition) is 2. The molecule has 0 aliphatic rings. The lowest BCUT2D eigenvalue weighted by Crippen LogP contribution is -2.15. The molecule has 2 aromatic rings. The number of amides is 1. The molecule has 104 valence electrons. The van der Waals surface area contributed by atoms with E-state index in [1.54, 1.807) is 18.2 Å². The molecule has 0 aliphatic carbocycles. The Kier molecular flexibility index (Phi) is 4.19. The molecule has 0 bridgehead atoms. The number of rotatable bonds is 3. The van der Waals surface area contributed by atoms with Crippen LogP contribution in [-0.4, -0.2) is 18.0 Å². The Morgan fingerprint density at radius 2 is 2.20 bits per heavy atom. The first kappa shape index (κ1) is 14.3. The molecule has 2 rings (SSSR count). The van der Waals surface area contributed by atoms with Crippen LogP contribution in [0.2, 0.25) is 0 Å². The van der Waals surface area contributed by atoms with Gasteiger partial charge in [0.15, 0.2) is 0 Å². The maximum Gasteiger partial charge on any atom is 0.259 e. The largest absolute Gasteiger partial charge is 0.497 e. The Labute approximate surface area is 123 Å². The number of aromatic nitrogens is 1. The van der Waals surface area contributed by atoms with Crippen LogP contribution >= 0.6 is 15.9 Å². The molecule has 1 amide bonds. The smallest absolute Gasteiger partial charge is 0.259 e. The highest BCUT2D eigenvalue weighted by Crippen LogP contribution is 2.27. The van der Waals surface area contributed by atoms with E-state index < -0.39 is 11.7 Å². The van der Waals surface area contributed by atoms with Crippen LogP contribution in [0, 0.1) is 5.82 Å². The second kappa shape index (κ2) is 5.87. The van der Waals surface area contributed by atoms with E-state index in [-0.39, 0.29) is 11.4 Å². The van der Waals surface area contributed by atoms with Crippen molar-refractivity contribution in [1.29, 1.82) is 0 Å². The topological polar surface area (TPSA) is 77.2 Å². The number of ether oxygens (including phenoxy) is 1. The number of nitrogens with one attached hydrogen (secondary N) is 1. The lowest BCUT2D eigenvalue weighted by Gasteiger charge is -2.10. The standard InChI is InChI=1S/C13H11BrFN3O2/c1-20-8-2-3-10(14)11(5-8)18-13(19)9-4-7(15)6-17-12(9)16/h2-6H,1H3,(H2,16,17)(H,18,19). The molecular formula is C13H11BrFN3O2. The zero-order chi connectivity index (χ0) is 14.7. The highest BCUT2D eigenvalue weighted by Gasteiger charge is 2.14. The zero-order valence-corrected chi connectivity index (χ0v) is 12.1.